The number of nitrogens with one attached hydrogen (secondary N) is 1. The summed E-state index contributed by atoms with van der Waals surface area (Å²) in [4.78, 5) is 11.6. The molecule has 5 heteroatoms. The smallest absolute Gasteiger partial charge is 0.258 e. The average molecular weight is 267 g/mol. The van der Waals surface area contributed by atoms with E-state index < -0.39 is 5.60 Å². The minimum atomic E-state index is -0.842. The minimum absolute atomic E-state index is 0.146. The van der Waals surface area contributed by atoms with Gasteiger partial charge in [-0.25, -0.2) is 4.39 Å². The average Bonchev–Trinajstić information content (AvgIpc) is 3.20. The Morgan fingerprint density at radius 2 is 2.11 bits per heavy atom. The number of carbonyl (C=O) groups is 1. The topological polar surface area (TPSA) is 58.6 Å². The summed E-state index contributed by atoms with van der Waals surface area (Å²) >= 11 is 0. The van der Waals surface area contributed by atoms with Gasteiger partial charge in [0.25, 0.3) is 5.91 Å². The Balaban J connectivity index is 1.71. The molecular formula is C14H18FNO3. The molecule has 1 aliphatic rings. The van der Waals surface area contributed by atoms with E-state index in [0.29, 0.717) is 5.75 Å². The third-order valence-corrected chi connectivity index (χ3v) is 3.28. The third kappa shape index (κ3) is 4.21. The van der Waals surface area contributed by atoms with Crippen LogP contribution in [0.5, 0.6) is 5.75 Å². The molecule has 1 unspecified atom stereocenters. The van der Waals surface area contributed by atoms with Crippen LogP contribution in [0.25, 0.3) is 0 Å². The Bertz CT molecular complexity index is 441. The highest BCUT2D eigenvalue weighted by Crippen LogP contribution is 2.38. The van der Waals surface area contributed by atoms with E-state index in [1.54, 1.807) is 6.92 Å². The Morgan fingerprint density at radius 1 is 1.47 bits per heavy atom. The summed E-state index contributed by atoms with van der Waals surface area (Å²) < 4.78 is 17.9. The second-order valence-electron chi connectivity index (χ2n) is 5.15. The van der Waals surface area contributed by atoms with E-state index in [-0.39, 0.29) is 30.8 Å². The zero-order valence-corrected chi connectivity index (χ0v) is 10.9. The van der Waals surface area contributed by atoms with Gasteiger partial charge < -0.3 is 15.2 Å². The normalized spacial score (nSPS) is 17.6. The first-order chi connectivity index (χ1) is 8.97. The van der Waals surface area contributed by atoms with E-state index in [9.17, 15) is 14.3 Å². The van der Waals surface area contributed by atoms with Crippen molar-refractivity contribution in [1.29, 1.82) is 0 Å². The van der Waals surface area contributed by atoms with Crippen molar-refractivity contribution in [3.63, 3.8) is 0 Å². The van der Waals surface area contributed by atoms with Crippen molar-refractivity contribution in [2.75, 3.05) is 13.2 Å². The summed E-state index contributed by atoms with van der Waals surface area (Å²) in [5.74, 6) is 0.0684. The molecule has 1 aromatic rings. The fourth-order valence-corrected chi connectivity index (χ4v) is 1.86. The molecule has 1 amide bonds. The molecule has 1 fully saturated rings. The number of hydrogen-bond donors (Lipinski definition) is 2. The van der Waals surface area contributed by atoms with Crippen molar-refractivity contribution in [2.24, 2.45) is 5.92 Å². The van der Waals surface area contributed by atoms with Crippen LogP contribution in [0, 0.1) is 11.7 Å². The lowest BCUT2D eigenvalue weighted by Crippen LogP contribution is -2.43. The van der Waals surface area contributed by atoms with Crippen molar-refractivity contribution in [3.8, 4) is 5.75 Å². The lowest BCUT2D eigenvalue weighted by molar-refractivity contribution is -0.124. The highest BCUT2D eigenvalue weighted by Gasteiger charge is 2.39. The van der Waals surface area contributed by atoms with Gasteiger partial charge in [0.1, 0.15) is 11.6 Å². The van der Waals surface area contributed by atoms with Gasteiger partial charge in [-0.05, 0) is 49.9 Å². The van der Waals surface area contributed by atoms with Crippen molar-refractivity contribution in [1.82, 2.24) is 5.32 Å². The Kier molecular flexibility index (Phi) is 4.04. The molecule has 1 aromatic carbocycles. The second kappa shape index (κ2) is 5.57. The fourth-order valence-electron chi connectivity index (χ4n) is 1.86. The molecule has 104 valence electrons. The molecule has 1 aliphatic carbocycles. The number of aliphatic hydroxyl groups is 1. The van der Waals surface area contributed by atoms with Crippen molar-refractivity contribution < 1.29 is 19.0 Å². The van der Waals surface area contributed by atoms with Gasteiger partial charge in [-0.1, -0.05) is 0 Å². The molecule has 2 N–H and O–H groups in total. The van der Waals surface area contributed by atoms with Gasteiger partial charge in [-0.3, -0.25) is 4.79 Å². The van der Waals surface area contributed by atoms with Gasteiger partial charge in [-0.2, -0.15) is 0 Å². The van der Waals surface area contributed by atoms with Crippen LogP contribution in [0.15, 0.2) is 24.3 Å². The van der Waals surface area contributed by atoms with E-state index in [1.807, 2.05) is 0 Å². The van der Waals surface area contributed by atoms with E-state index in [1.165, 1.54) is 24.3 Å². The summed E-state index contributed by atoms with van der Waals surface area (Å²) in [5, 5.41) is 12.7. The molecule has 0 aliphatic heterocycles. The number of carbonyl (C=O) groups excluding carboxylic acids is 1. The van der Waals surface area contributed by atoms with Crippen LogP contribution in [0.3, 0.4) is 0 Å². The maximum absolute atomic E-state index is 12.7. The lowest BCUT2D eigenvalue weighted by Gasteiger charge is -2.23. The summed E-state index contributed by atoms with van der Waals surface area (Å²) in [5.41, 5.74) is -0.842. The molecule has 0 bridgehead atoms. The molecule has 4 nitrogen and oxygen atoms in total. The number of amides is 1. The molecule has 0 heterocycles. The third-order valence-electron chi connectivity index (χ3n) is 3.28. The van der Waals surface area contributed by atoms with Crippen molar-refractivity contribution >= 4 is 5.91 Å². The first-order valence-electron chi connectivity index (χ1n) is 6.35. The predicted octanol–water partition coefficient (Wildman–Crippen LogP) is 1.48. The van der Waals surface area contributed by atoms with Crippen LogP contribution in [-0.4, -0.2) is 29.8 Å². The monoisotopic (exact) mass is 267 g/mol. The predicted molar refractivity (Wildman–Crippen MR) is 68.3 cm³/mol. The van der Waals surface area contributed by atoms with Crippen LogP contribution in [0.4, 0.5) is 4.39 Å². The first-order valence-corrected chi connectivity index (χ1v) is 6.35. The van der Waals surface area contributed by atoms with Gasteiger partial charge in [0.2, 0.25) is 0 Å². The molecule has 2 rings (SSSR count). The molecule has 1 saturated carbocycles. The van der Waals surface area contributed by atoms with Gasteiger partial charge in [-0.15, -0.1) is 0 Å². The van der Waals surface area contributed by atoms with Gasteiger partial charge in [0.05, 0.1) is 5.60 Å². The largest absolute Gasteiger partial charge is 0.484 e. The number of halogens is 1. The highest BCUT2D eigenvalue weighted by atomic mass is 19.1. The molecule has 0 saturated heterocycles. The van der Waals surface area contributed by atoms with Crippen molar-refractivity contribution in [2.45, 2.75) is 25.4 Å². The molecule has 19 heavy (non-hydrogen) atoms. The minimum Gasteiger partial charge on any atom is -0.484 e. The Morgan fingerprint density at radius 3 is 2.68 bits per heavy atom. The molecular weight excluding hydrogens is 249 g/mol. The van der Waals surface area contributed by atoms with Crippen LogP contribution in [0.1, 0.15) is 19.8 Å². The second-order valence-corrected chi connectivity index (χ2v) is 5.15. The number of hydrogen-bond acceptors (Lipinski definition) is 3. The summed E-state index contributed by atoms with van der Waals surface area (Å²) in [6, 6.07) is 5.46. The maximum atomic E-state index is 12.7. The van der Waals surface area contributed by atoms with E-state index in [0.717, 1.165) is 12.8 Å². The number of benzene rings is 1. The van der Waals surface area contributed by atoms with Crippen LogP contribution in [0.2, 0.25) is 0 Å². The molecule has 1 atom stereocenters. The Labute approximate surface area is 111 Å². The molecule has 0 radical (unpaired) electrons. The van der Waals surface area contributed by atoms with E-state index >= 15 is 0 Å². The van der Waals surface area contributed by atoms with E-state index in [4.69, 9.17) is 4.74 Å². The maximum Gasteiger partial charge on any atom is 0.258 e. The van der Waals surface area contributed by atoms with Crippen LogP contribution < -0.4 is 10.1 Å². The Hall–Kier alpha value is -1.62. The highest BCUT2D eigenvalue weighted by molar-refractivity contribution is 5.77. The van der Waals surface area contributed by atoms with Crippen LogP contribution >= 0.6 is 0 Å². The van der Waals surface area contributed by atoms with Gasteiger partial charge in [0, 0.05) is 6.54 Å². The summed E-state index contributed by atoms with van der Waals surface area (Å²) in [7, 11) is 0. The van der Waals surface area contributed by atoms with Gasteiger partial charge in [0.15, 0.2) is 6.61 Å². The van der Waals surface area contributed by atoms with Crippen molar-refractivity contribution in [3.05, 3.63) is 30.1 Å². The fraction of sp³-hybridized carbons (Fsp3) is 0.500. The standard InChI is InChI=1S/C14H18FNO3/c1-14(18,10-2-3-10)9-16-13(17)8-19-12-6-4-11(15)5-7-12/h4-7,10,18H,2-3,8-9H2,1H3,(H,16,17). The first kappa shape index (κ1) is 13.8. The SMILES string of the molecule is CC(O)(CNC(=O)COc1ccc(F)cc1)C1CC1. The van der Waals surface area contributed by atoms with Crippen LogP contribution in [-0.2, 0) is 4.79 Å². The molecule has 0 spiro atoms. The number of ether oxygens (including phenoxy) is 1. The number of rotatable bonds is 6. The summed E-state index contributed by atoms with van der Waals surface area (Å²) in [6.07, 6.45) is 2.02. The zero-order chi connectivity index (χ0) is 13.9. The zero-order valence-electron chi connectivity index (χ0n) is 10.9. The van der Waals surface area contributed by atoms with Gasteiger partial charge >= 0.3 is 0 Å². The van der Waals surface area contributed by atoms with E-state index in [2.05, 4.69) is 5.32 Å². The quantitative estimate of drug-likeness (QED) is 0.821. The lowest BCUT2D eigenvalue weighted by atomic mass is 10.0. The summed E-state index contributed by atoms with van der Waals surface area (Å²) in [6.45, 7) is 1.81. The molecule has 0 aromatic heterocycles.